The van der Waals surface area contributed by atoms with E-state index in [1.165, 1.54) is 12.1 Å². The molecule has 0 heterocycles. The predicted octanol–water partition coefficient (Wildman–Crippen LogP) is 1.62. The molecule has 16 heavy (non-hydrogen) atoms. The fourth-order valence-electron chi connectivity index (χ4n) is 1.56. The van der Waals surface area contributed by atoms with Crippen LogP contribution in [-0.2, 0) is 0 Å². The van der Waals surface area contributed by atoms with Crippen molar-refractivity contribution in [1.29, 1.82) is 0 Å². The molecular formula is C12H16FNO2. The van der Waals surface area contributed by atoms with Gasteiger partial charge in [-0.05, 0) is 38.1 Å². The number of ether oxygens (including phenoxy) is 1. The molecule has 0 aromatic heterocycles. The molecule has 1 aromatic rings. The van der Waals surface area contributed by atoms with Gasteiger partial charge in [-0.25, -0.2) is 4.39 Å². The molecule has 2 N–H and O–H groups in total. The van der Waals surface area contributed by atoms with Crippen molar-refractivity contribution in [3.63, 3.8) is 0 Å². The van der Waals surface area contributed by atoms with Crippen LogP contribution in [0, 0.1) is 5.82 Å². The third-order valence-electron chi connectivity index (χ3n) is 2.55. The average molecular weight is 225 g/mol. The summed E-state index contributed by atoms with van der Waals surface area (Å²) in [5, 5.41) is 12.7. The Balaban J connectivity index is 2.19. The second kappa shape index (κ2) is 4.80. The highest BCUT2D eigenvalue weighted by Crippen LogP contribution is 2.32. The van der Waals surface area contributed by atoms with Crippen molar-refractivity contribution in [1.82, 2.24) is 5.32 Å². The van der Waals surface area contributed by atoms with E-state index in [2.05, 4.69) is 5.32 Å². The number of hydrogen-bond acceptors (Lipinski definition) is 3. The molecule has 3 nitrogen and oxygen atoms in total. The molecule has 88 valence electrons. The SMILES string of the molecule is CNCC(O)c1cc(F)ccc1OC1CC1. The van der Waals surface area contributed by atoms with E-state index in [9.17, 15) is 9.50 Å². The summed E-state index contributed by atoms with van der Waals surface area (Å²) in [6.45, 7) is 0.379. The Morgan fingerprint density at radius 3 is 2.94 bits per heavy atom. The van der Waals surface area contributed by atoms with Crippen molar-refractivity contribution < 1.29 is 14.2 Å². The van der Waals surface area contributed by atoms with E-state index in [0.29, 0.717) is 17.9 Å². The van der Waals surface area contributed by atoms with Gasteiger partial charge >= 0.3 is 0 Å². The molecule has 1 aliphatic carbocycles. The zero-order chi connectivity index (χ0) is 11.5. The molecule has 1 fully saturated rings. The molecule has 0 radical (unpaired) electrons. The van der Waals surface area contributed by atoms with Crippen LogP contribution in [0.5, 0.6) is 5.75 Å². The lowest BCUT2D eigenvalue weighted by Gasteiger charge is -2.15. The largest absolute Gasteiger partial charge is 0.490 e. The lowest BCUT2D eigenvalue weighted by atomic mass is 10.1. The molecule has 1 unspecified atom stereocenters. The first-order valence-electron chi connectivity index (χ1n) is 5.49. The number of aliphatic hydroxyl groups is 1. The van der Waals surface area contributed by atoms with E-state index in [1.807, 2.05) is 0 Å². The van der Waals surface area contributed by atoms with Crippen LogP contribution >= 0.6 is 0 Å². The Morgan fingerprint density at radius 1 is 1.56 bits per heavy atom. The number of nitrogens with one attached hydrogen (secondary N) is 1. The Morgan fingerprint density at radius 2 is 2.31 bits per heavy atom. The van der Waals surface area contributed by atoms with E-state index in [0.717, 1.165) is 12.8 Å². The summed E-state index contributed by atoms with van der Waals surface area (Å²) < 4.78 is 18.7. The van der Waals surface area contributed by atoms with Crippen LogP contribution in [0.2, 0.25) is 0 Å². The number of hydrogen-bond donors (Lipinski definition) is 2. The van der Waals surface area contributed by atoms with Gasteiger partial charge in [0.2, 0.25) is 0 Å². The molecule has 0 amide bonds. The van der Waals surface area contributed by atoms with Gasteiger partial charge in [-0.2, -0.15) is 0 Å². The van der Waals surface area contributed by atoms with E-state index in [4.69, 9.17) is 4.74 Å². The van der Waals surface area contributed by atoms with Crippen molar-refractivity contribution in [3.8, 4) is 5.75 Å². The van der Waals surface area contributed by atoms with Gasteiger partial charge in [-0.3, -0.25) is 0 Å². The summed E-state index contributed by atoms with van der Waals surface area (Å²) in [7, 11) is 1.74. The minimum absolute atomic E-state index is 0.242. The first-order valence-corrected chi connectivity index (χ1v) is 5.49. The molecule has 1 atom stereocenters. The summed E-state index contributed by atoms with van der Waals surface area (Å²) in [5.41, 5.74) is 0.515. The van der Waals surface area contributed by atoms with Gasteiger partial charge in [0.1, 0.15) is 11.6 Å². The average Bonchev–Trinajstić information content (AvgIpc) is 3.05. The molecule has 2 rings (SSSR count). The number of aliphatic hydroxyl groups excluding tert-OH is 1. The first-order chi connectivity index (χ1) is 7.70. The van der Waals surface area contributed by atoms with E-state index >= 15 is 0 Å². The normalized spacial score (nSPS) is 17.2. The van der Waals surface area contributed by atoms with Crippen molar-refractivity contribution in [2.45, 2.75) is 25.0 Å². The fourth-order valence-corrected chi connectivity index (χ4v) is 1.56. The highest BCUT2D eigenvalue weighted by Gasteiger charge is 2.25. The van der Waals surface area contributed by atoms with Crippen LogP contribution in [-0.4, -0.2) is 24.8 Å². The Labute approximate surface area is 94.2 Å². The molecular weight excluding hydrogens is 209 g/mol. The summed E-state index contributed by atoms with van der Waals surface area (Å²) >= 11 is 0. The maximum absolute atomic E-state index is 13.1. The molecule has 1 saturated carbocycles. The summed E-state index contributed by atoms with van der Waals surface area (Å²) in [4.78, 5) is 0. The van der Waals surface area contributed by atoms with Gasteiger partial charge in [-0.1, -0.05) is 0 Å². The monoisotopic (exact) mass is 225 g/mol. The minimum Gasteiger partial charge on any atom is -0.490 e. The quantitative estimate of drug-likeness (QED) is 0.800. The van der Waals surface area contributed by atoms with Crippen LogP contribution in [0.15, 0.2) is 18.2 Å². The van der Waals surface area contributed by atoms with E-state index < -0.39 is 6.10 Å². The van der Waals surface area contributed by atoms with Gasteiger partial charge in [0, 0.05) is 12.1 Å². The van der Waals surface area contributed by atoms with Crippen LogP contribution in [0.1, 0.15) is 24.5 Å². The van der Waals surface area contributed by atoms with Gasteiger partial charge in [0.25, 0.3) is 0 Å². The summed E-state index contributed by atoms with van der Waals surface area (Å²) in [6.07, 6.45) is 1.58. The number of benzene rings is 1. The molecule has 0 bridgehead atoms. The molecule has 0 saturated heterocycles. The molecule has 1 aliphatic rings. The van der Waals surface area contributed by atoms with Gasteiger partial charge in [0.15, 0.2) is 0 Å². The second-order valence-electron chi connectivity index (χ2n) is 4.07. The first kappa shape index (κ1) is 11.4. The number of likely N-dealkylation sites (N-methyl/N-ethyl adjacent to an activating group) is 1. The molecule has 4 heteroatoms. The van der Waals surface area contributed by atoms with Gasteiger partial charge in [-0.15, -0.1) is 0 Å². The maximum Gasteiger partial charge on any atom is 0.125 e. The Kier molecular flexibility index (Phi) is 3.41. The van der Waals surface area contributed by atoms with Crippen molar-refractivity contribution in [2.24, 2.45) is 0 Å². The van der Waals surface area contributed by atoms with Crippen LogP contribution in [0.3, 0.4) is 0 Å². The third-order valence-corrected chi connectivity index (χ3v) is 2.55. The minimum atomic E-state index is -0.741. The van der Waals surface area contributed by atoms with E-state index in [-0.39, 0.29) is 11.9 Å². The topological polar surface area (TPSA) is 41.5 Å². The lowest BCUT2D eigenvalue weighted by Crippen LogP contribution is -2.17. The van der Waals surface area contributed by atoms with E-state index in [1.54, 1.807) is 13.1 Å². The van der Waals surface area contributed by atoms with Crippen molar-refractivity contribution in [2.75, 3.05) is 13.6 Å². The third kappa shape index (κ3) is 2.71. The predicted molar refractivity (Wildman–Crippen MR) is 58.9 cm³/mol. The van der Waals surface area contributed by atoms with Crippen LogP contribution in [0.4, 0.5) is 4.39 Å². The number of rotatable bonds is 5. The van der Waals surface area contributed by atoms with Crippen molar-refractivity contribution in [3.05, 3.63) is 29.6 Å². The highest BCUT2D eigenvalue weighted by atomic mass is 19.1. The summed E-state index contributed by atoms with van der Waals surface area (Å²) in [5.74, 6) is 0.236. The zero-order valence-electron chi connectivity index (χ0n) is 9.24. The molecule has 0 spiro atoms. The Bertz CT molecular complexity index is 366. The summed E-state index contributed by atoms with van der Waals surface area (Å²) in [6, 6.07) is 4.27. The molecule has 0 aliphatic heterocycles. The highest BCUT2D eigenvalue weighted by molar-refractivity contribution is 5.36. The smallest absolute Gasteiger partial charge is 0.125 e. The fraction of sp³-hybridized carbons (Fsp3) is 0.500. The Hall–Kier alpha value is -1.13. The van der Waals surface area contributed by atoms with Gasteiger partial charge in [0.05, 0.1) is 12.2 Å². The molecule has 1 aromatic carbocycles. The van der Waals surface area contributed by atoms with Crippen molar-refractivity contribution >= 4 is 0 Å². The van der Waals surface area contributed by atoms with Crippen LogP contribution < -0.4 is 10.1 Å². The standard InChI is InChI=1S/C12H16FNO2/c1-14-7-11(15)10-6-8(13)2-5-12(10)16-9-3-4-9/h2,5-6,9,11,14-15H,3-4,7H2,1H3. The number of halogens is 1. The zero-order valence-corrected chi connectivity index (χ0v) is 9.24. The lowest BCUT2D eigenvalue weighted by molar-refractivity contribution is 0.169. The maximum atomic E-state index is 13.1. The van der Waals surface area contributed by atoms with Crippen LogP contribution in [0.25, 0.3) is 0 Å². The van der Waals surface area contributed by atoms with Gasteiger partial charge < -0.3 is 15.2 Å². The second-order valence-corrected chi connectivity index (χ2v) is 4.07.